The van der Waals surface area contributed by atoms with E-state index in [1.807, 2.05) is 6.92 Å². The summed E-state index contributed by atoms with van der Waals surface area (Å²) in [4.78, 5) is 32.9. The molecule has 192 valence electrons. The third-order valence-electron chi connectivity index (χ3n) is 5.84. The number of amides is 2. The predicted octanol–water partition coefficient (Wildman–Crippen LogP) is 4.52. The Kier molecular flexibility index (Phi) is 8.81. The summed E-state index contributed by atoms with van der Waals surface area (Å²) in [5.41, 5.74) is 1.21. The Labute approximate surface area is 218 Å². The number of nitrogens with one attached hydrogen (secondary N) is 1. The topological polar surface area (TPSA) is 80.3 Å². The number of likely N-dealkylation sites (tertiary alicyclic amines) is 1. The number of rotatable bonds is 7. The average Bonchev–Trinajstić information content (AvgIpc) is 3.31. The first-order chi connectivity index (χ1) is 17.4. The molecule has 36 heavy (non-hydrogen) atoms. The van der Waals surface area contributed by atoms with Crippen molar-refractivity contribution in [1.29, 1.82) is 0 Å². The van der Waals surface area contributed by atoms with Crippen LogP contribution < -0.4 is 10.4 Å². The number of carbonyl (C=O) groups is 2. The monoisotopic (exact) mass is 537 g/mol. The molecule has 4 rings (SSSR count). The van der Waals surface area contributed by atoms with Crippen molar-refractivity contribution in [3.8, 4) is 0 Å². The number of carbonyl (C=O) groups excluding carboxylic acids is 2. The van der Waals surface area contributed by atoms with Crippen molar-refractivity contribution in [1.82, 2.24) is 4.90 Å². The summed E-state index contributed by atoms with van der Waals surface area (Å²) in [7, 11) is 0. The standard InChI is InChI=1S/C25H26Cl2FN3O5/c1-2-35-18-13-23(30(14-18)24(32)8-4-16-3-6-19(26)20(27)11-16)25(33)29-22-7-5-17(12-21(22)28)31-9-10-34-15-36-31/h3-8,11-12,18,23H,2,9-10,13-15H2,1H3,(H,29,33)/b8-4+/t18-,23-/m1/s1. The van der Waals surface area contributed by atoms with Crippen LogP contribution in [0.15, 0.2) is 42.5 Å². The largest absolute Gasteiger partial charge is 0.377 e. The van der Waals surface area contributed by atoms with Crippen molar-refractivity contribution < 1.29 is 28.3 Å². The Morgan fingerprint density at radius 2 is 2.06 bits per heavy atom. The average molecular weight is 538 g/mol. The van der Waals surface area contributed by atoms with E-state index < -0.39 is 17.8 Å². The van der Waals surface area contributed by atoms with Gasteiger partial charge in [0.1, 0.15) is 11.9 Å². The molecule has 11 heteroatoms. The number of benzene rings is 2. The van der Waals surface area contributed by atoms with E-state index in [1.54, 1.807) is 30.3 Å². The highest BCUT2D eigenvalue weighted by molar-refractivity contribution is 6.42. The maximum absolute atomic E-state index is 14.8. The Morgan fingerprint density at radius 1 is 1.22 bits per heavy atom. The SMILES string of the molecule is CCO[C@@H]1C[C@H](C(=O)Nc2ccc(N3CCOCO3)cc2F)N(C(=O)/C=C/c2ccc(Cl)c(Cl)c2)C1. The number of nitrogens with zero attached hydrogens (tertiary/aromatic N) is 2. The summed E-state index contributed by atoms with van der Waals surface area (Å²) >= 11 is 12.0. The summed E-state index contributed by atoms with van der Waals surface area (Å²) in [6.07, 6.45) is 2.96. The van der Waals surface area contributed by atoms with Crippen LogP contribution in [-0.2, 0) is 23.9 Å². The zero-order valence-corrected chi connectivity index (χ0v) is 21.1. The second-order valence-electron chi connectivity index (χ2n) is 8.24. The van der Waals surface area contributed by atoms with Gasteiger partial charge in [0, 0.05) is 31.7 Å². The molecule has 2 aromatic carbocycles. The quantitative estimate of drug-likeness (QED) is 0.523. The first kappa shape index (κ1) is 26.4. The normalized spacial score (nSPS) is 20.2. The van der Waals surface area contributed by atoms with Gasteiger partial charge in [0.2, 0.25) is 11.8 Å². The highest BCUT2D eigenvalue weighted by Crippen LogP contribution is 2.27. The van der Waals surface area contributed by atoms with Gasteiger partial charge >= 0.3 is 0 Å². The van der Waals surface area contributed by atoms with Crippen LogP contribution in [0.1, 0.15) is 18.9 Å². The lowest BCUT2D eigenvalue weighted by Crippen LogP contribution is -2.42. The number of anilines is 2. The molecule has 2 heterocycles. The van der Waals surface area contributed by atoms with E-state index >= 15 is 0 Å². The van der Waals surface area contributed by atoms with E-state index in [4.69, 9.17) is 37.5 Å². The van der Waals surface area contributed by atoms with Crippen LogP contribution in [0.5, 0.6) is 0 Å². The molecule has 0 aromatic heterocycles. The highest BCUT2D eigenvalue weighted by atomic mass is 35.5. The van der Waals surface area contributed by atoms with Gasteiger partial charge in [0.15, 0.2) is 6.79 Å². The number of hydrogen-bond acceptors (Lipinski definition) is 6. The molecule has 1 N–H and O–H groups in total. The minimum Gasteiger partial charge on any atom is -0.377 e. The van der Waals surface area contributed by atoms with E-state index in [0.717, 1.165) is 0 Å². The van der Waals surface area contributed by atoms with Gasteiger partial charge in [-0.3, -0.25) is 9.59 Å². The molecule has 0 radical (unpaired) electrons. The third kappa shape index (κ3) is 6.35. The number of ether oxygens (including phenoxy) is 2. The third-order valence-corrected chi connectivity index (χ3v) is 6.58. The molecule has 2 atom stereocenters. The summed E-state index contributed by atoms with van der Waals surface area (Å²) in [5.74, 6) is -1.49. The number of hydroxylamine groups is 1. The molecule has 8 nitrogen and oxygen atoms in total. The zero-order chi connectivity index (χ0) is 25.7. The molecule has 2 amide bonds. The minimum atomic E-state index is -0.825. The van der Waals surface area contributed by atoms with Gasteiger partial charge < -0.3 is 19.7 Å². The minimum absolute atomic E-state index is 0.00983. The lowest BCUT2D eigenvalue weighted by Gasteiger charge is -2.28. The lowest BCUT2D eigenvalue weighted by atomic mass is 10.1. The van der Waals surface area contributed by atoms with Crippen molar-refractivity contribution in [2.45, 2.75) is 25.5 Å². The Bertz CT molecular complexity index is 1140. The van der Waals surface area contributed by atoms with Crippen molar-refractivity contribution >= 4 is 52.5 Å². The van der Waals surface area contributed by atoms with Crippen LogP contribution in [0.2, 0.25) is 10.0 Å². The predicted molar refractivity (Wildman–Crippen MR) is 135 cm³/mol. The van der Waals surface area contributed by atoms with Gasteiger partial charge in [-0.05, 0) is 42.8 Å². The van der Waals surface area contributed by atoms with Crippen LogP contribution >= 0.6 is 23.2 Å². The van der Waals surface area contributed by atoms with Crippen LogP contribution in [0, 0.1) is 5.82 Å². The molecular formula is C25H26Cl2FN3O5. The Balaban J connectivity index is 1.46. The van der Waals surface area contributed by atoms with Crippen LogP contribution in [0.4, 0.5) is 15.8 Å². The lowest BCUT2D eigenvalue weighted by molar-refractivity contribution is -0.132. The molecule has 0 unspecified atom stereocenters. The Hall–Kier alpha value is -2.69. The summed E-state index contributed by atoms with van der Waals surface area (Å²) < 4.78 is 25.6. The van der Waals surface area contributed by atoms with Gasteiger partial charge in [-0.2, -0.15) is 0 Å². The molecule has 0 spiro atoms. The van der Waals surface area contributed by atoms with Crippen molar-refractivity contribution in [2.75, 3.05) is 43.5 Å². The highest BCUT2D eigenvalue weighted by Gasteiger charge is 2.39. The van der Waals surface area contributed by atoms with E-state index in [2.05, 4.69) is 5.32 Å². The van der Waals surface area contributed by atoms with E-state index in [0.29, 0.717) is 47.5 Å². The van der Waals surface area contributed by atoms with Crippen molar-refractivity contribution in [3.05, 3.63) is 63.9 Å². The van der Waals surface area contributed by atoms with E-state index in [9.17, 15) is 14.0 Å². The first-order valence-corrected chi connectivity index (χ1v) is 12.2. The number of halogens is 3. The zero-order valence-electron chi connectivity index (χ0n) is 19.6. The van der Waals surface area contributed by atoms with Gasteiger partial charge in [-0.15, -0.1) is 0 Å². The summed E-state index contributed by atoms with van der Waals surface area (Å²) in [6, 6.07) is 8.56. The second kappa shape index (κ2) is 12.0. The number of hydrogen-bond donors (Lipinski definition) is 1. The Morgan fingerprint density at radius 3 is 2.75 bits per heavy atom. The molecule has 2 aromatic rings. The van der Waals surface area contributed by atoms with Crippen LogP contribution in [-0.4, -0.2) is 62.0 Å². The van der Waals surface area contributed by atoms with Crippen LogP contribution in [0.25, 0.3) is 6.08 Å². The molecule has 0 saturated carbocycles. The van der Waals surface area contributed by atoms with Gasteiger partial charge in [-0.25, -0.2) is 14.3 Å². The molecule has 2 aliphatic heterocycles. The first-order valence-electron chi connectivity index (χ1n) is 11.5. The van der Waals surface area contributed by atoms with Gasteiger partial charge in [0.05, 0.1) is 40.7 Å². The summed E-state index contributed by atoms with van der Waals surface area (Å²) in [5, 5.41) is 4.92. The molecule has 0 aliphatic carbocycles. The van der Waals surface area contributed by atoms with Crippen molar-refractivity contribution in [2.24, 2.45) is 0 Å². The second-order valence-corrected chi connectivity index (χ2v) is 9.05. The van der Waals surface area contributed by atoms with E-state index in [-0.39, 0.29) is 31.0 Å². The molecule has 2 saturated heterocycles. The molecule has 2 fully saturated rings. The summed E-state index contributed by atoms with van der Waals surface area (Å²) in [6.45, 7) is 3.54. The fourth-order valence-corrected chi connectivity index (χ4v) is 4.38. The fourth-order valence-electron chi connectivity index (χ4n) is 4.08. The molecule has 2 aliphatic rings. The van der Waals surface area contributed by atoms with Crippen molar-refractivity contribution in [3.63, 3.8) is 0 Å². The van der Waals surface area contributed by atoms with Gasteiger partial charge in [0.25, 0.3) is 0 Å². The molecule has 0 bridgehead atoms. The van der Waals surface area contributed by atoms with Crippen LogP contribution in [0.3, 0.4) is 0 Å². The maximum Gasteiger partial charge on any atom is 0.247 e. The van der Waals surface area contributed by atoms with E-state index in [1.165, 1.54) is 28.2 Å². The maximum atomic E-state index is 14.8. The smallest absolute Gasteiger partial charge is 0.247 e. The fraction of sp³-hybridized carbons (Fsp3) is 0.360. The van der Waals surface area contributed by atoms with Gasteiger partial charge in [-0.1, -0.05) is 29.3 Å². The molecular weight excluding hydrogens is 512 g/mol.